The van der Waals surface area contributed by atoms with Crippen LogP contribution in [-0.2, 0) is 11.3 Å². The number of aryl methyl sites for hydroxylation is 2. The zero-order chi connectivity index (χ0) is 19.7. The molecule has 1 amide bonds. The second-order valence-corrected chi connectivity index (χ2v) is 6.30. The number of anilines is 1. The third-order valence-corrected chi connectivity index (χ3v) is 4.06. The van der Waals surface area contributed by atoms with Crippen LogP contribution in [0.2, 0.25) is 0 Å². The second kappa shape index (κ2) is 7.10. The van der Waals surface area contributed by atoms with E-state index >= 15 is 0 Å². The minimum Gasteiger partial charge on any atom is -0.454 e. The van der Waals surface area contributed by atoms with Crippen molar-refractivity contribution in [2.75, 3.05) is 12.1 Å². The molecule has 3 aromatic rings. The van der Waals surface area contributed by atoms with E-state index in [0.717, 1.165) is 21.6 Å². The Kier molecular flexibility index (Phi) is 4.48. The maximum atomic E-state index is 12.3. The van der Waals surface area contributed by atoms with E-state index in [-0.39, 0.29) is 24.8 Å². The van der Waals surface area contributed by atoms with Gasteiger partial charge in [0.2, 0.25) is 18.6 Å². The van der Waals surface area contributed by atoms with Crippen LogP contribution in [0.4, 0.5) is 5.95 Å². The summed E-state index contributed by atoms with van der Waals surface area (Å²) >= 11 is 0. The van der Waals surface area contributed by atoms with E-state index in [0.29, 0.717) is 17.2 Å². The summed E-state index contributed by atoms with van der Waals surface area (Å²) in [5.41, 5.74) is 2.37. The Hall–Kier alpha value is -3.75. The number of rotatable bonds is 4. The number of carbonyl (C=O) groups excluding carboxylic acids is 1. The normalized spacial score (nSPS) is 12.1. The lowest BCUT2D eigenvalue weighted by molar-refractivity contribution is -0.117. The lowest BCUT2D eigenvalue weighted by atomic mass is 10.1. The maximum absolute atomic E-state index is 12.3. The van der Waals surface area contributed by atoms with Gasteiger partial charge in [-0.1, -0.05) is 0 Å². The van der Waals surface area contributed by atoms with E-state index in [9.17, 15) is 9.59 Å². The molecule has 0 bridgehead atoms. The minimum atomic E-state index is -0.442. The van der Waals surface area contributed by atoms with Gasteiger partial charge in [-0.25, -0.2) is 14.6 Å². The van der Waals surface area contributed by atoms with Gasteiger partial charge in [0.05, 0.1) is 5.69 Å². The van der Waals surface area contributed by atoms with Gasteiger partial charge in [0.1, 0.15) is 6.54 Å². The van der Waals surface area contributed by atoms with Crippen LogP contribution >= 0.6 is 0 Å². The highest BCUT2D eigenvalue weighted by Crippen LogP contribution is 2.35. The predicted molar refractivity (Wildman–Crippen MR) is 100 cm³/mol. The molecule has 3 heterocycles. The number of fused-ring (bicyclic) bond motifs is 1. The molecule has 0 saturated heterocycles. The summed E-state index contributed by atoms with van der Waals surface area (Å²) in [6, 6.07) is 10.1. The van der Waals surface area contributed by atoms with Crippen LogP contribution in [0.3, 0.4) is 0 Å². The van der Waals surface area contributed by atoms with Crippen molar-refractivity contribution in [3.8, 4) is 22.8 Å². The summed E-state index contributed by atoms with van der Waals surface area (Å²) in [6.45, 7) is 3.54. The molecule has 1 aliphatic heterocycles. The third-order valence-electron chi connectivity index (χ3n) is 4.06. The van der Waals surface area contributed by atoms with E-state index in [2.05, 4.69) is 20.4 Å². The predicted octanol–water partition coefficient (Wildman–Crippen LogP) is 1.68. The summed E-state index contributed by atoms with van der Waals surface area (Å²) in [7, 11) is 0. The van der Waals surface area contributed by atoms with Crippen molar-refractivity contribution in [2.45, 2.75) is 20.4 Å². The quantitative estimate of drug-likeness (QED) is 0.735. The number of hydrogen-bond donors (Lipinski definition) is 1. The topological polar surface area (TPSA) is 108 Å². The molecular weight excluding hydrogens is 362 g/mol. The molecule has 0 radical (unpaired) electrons. The van der Waals surface area contributed by atoms with Gasteiger partial charge in [-0.15, -0.1) is 0 Å². The van der Waals surface area contributed by atoms with Gasteiger partial charge in [0.25, 0.3) is 5.56 Å². The number of ether oxygens (including phenoxy) is 2. The molecule has 28 heavy (non-hydrogen) atoms. The van der Waals surface area contributed by atoms with Crippen LogP contribution in [0.25, 0.3) is 11.3 Å². The lowest BCUT2D eigenvalue weighted by Crippen LogP contribution is -2.29. The first kappa shape index (κ1) is 17.7. The zero-order valence-electron chi connectivity index (χ0n) is 15.3. The fourth-order valence-corrected chi connectivity index (χ4v) is 2.85. The molecule has 0 aliphatic carbocycles. The Morgan fingerprint density at radius 1 is 1.07 bits per heavy atom. The monoisotopic (exact) mass is 379 g/mol. The zero-order valence-corrected chi connectivity index (χ0v) is 15.3. The Morgan fingerprint density at radius 3 is 2.61 bits per heavy atom. The molecule has 1 aliphatic rings. The SMILES string of the molecule is Cc1cc(C)nc(NC(=O)Cn2nc(-c3ccc4c(c3)OCO4)ccc2=O)n1. The molecule has 4 rings (SSSR count). The van der Waals surface area contributed by atoms with E-state index in [1.807, 2.05) is 19.9 Å². The molecule has 0 saturated carbocycles. The van der Waals surface area contributed by atoms with Crippen molar-refractivity contribution >= 4 is 11.9 Å². The van der Waals surface area contributed by atoms with E-state index < -0.39 is 5.91 Å². The van der Waals surface area contributed by atoms with Gasteiger partial charge >= 0.3 is 0 Å². The Morgan fingerprint density at radius 2 is 1.82 bits per heavy atom. The molecule has 0 spiro atoms. The highest BCUT2D eigenvalue weighted by molar-refractivity contribution is 5.88. The lowest BCUT2D eigenvalue weighted by Gasteiger charge is -2.09. The van der Waals surface area contributed by atoms with Crippen molar-refractivity contribution in [3.05, 3.63) is 58.1 Å². The smallest absolute Gasteiger partial charge is 0.267 e. The number of aromatic nitrogens is 4. The van der Waals surface area contributed by atoms with Crippen molar-refractivity contribution in [1.29, 1.82) is 0 Å². The van der Waals surface area contributed by atoms with E-state index in [4.69, 9.17) is 9.47 Å². The van der Waals surface area contributed by atoms with Crippen LogP contribution in [0.5, 0.6) is 11.5 Å². The Balaban J connectivity index is 1.55. The number of nitrogens with one attached hydrogen (secondary N) is 1. The fourth-order valence-electron chi connectivity index (χ4n) is 2.85. The van der Waals surface area contributed by atoms with E-state index in [1.54, 1.807) is 24.3 Å². The molecule has 9 nitrogen and oxygen atoms in total. The molecular formula is C19H17N5O4. The molecule has 0 atom stereocenters. The Labute approximate surface area is 160 Å². The van der Waals surface area contributed by atoms with Crippen molar-refractivity contribution in [3.63, 3.8) is 0 Å². The van der Waals surface area contributed by atoms with Crippen molar-refractivity contribution in [2.24, 2.45) is 0 Å². The molecule has 0 unspecified atom stereocenters. The van der Waals surface area contributed by atoms with Gasteiger partial charge in [-0.2, -0.15) is 5.10 Å². The van der Waals surface area contributed by atoms with E-state index in [1.165, 1.54) is 6.07 Å². The van der Waals surface area contributed by atoms with Crippen LogP contribution in [0.1, 0.15) is 11.4 Å². The van der Waals surface area contributed by atoms with Gasteiger partial charge in [-0.05, 0) is 44.2 Å². The summed E-state index contributed by atoms with van der Waals surface area (Å²) in [4.78, 5) is 32.8. The van der Waals surface area contributed by atoms with Crippen LogP contribution in [0.15, 0.2) is 41.2 Å². The first-order valence-corrected chi connectivity index (χ1v) is 8.58. The van der Waals surface area contributed by atoms with Gasteiger partial charge < -0.3 is 9.47 Å². The van der Waals surface area contributed by atoms with Gasteiger partial charge in [0, 0.05) is 23.0 Å². The second-order valence-electron chi connectivity index (χ2n) is 6.30. The highest BCUT2D eigenvalue weighted by Gasteiger charge is 2.15. The molecule has 2 aromatic heterocycles. The summed E-state index contributed by atoms with van der Waals surface area (Å²) in [5.74, 6) is 1.02. The fraction of sp³-hybridized carbons (Fsp3) is 0.211. The van der Waals surface area contributed by atoms with Crippen LogP contribution in [0, 0.1) is 13.8 Å². The van der Waals surface area contributed by atoms with Gasteiger partial charge in [-0.3, -0.25) is 14.9 Å². The number of amides is 1. The van der Waals surface area contributed by atoms with Crippen LogP contribution in [-0.4, -0.2) is 32.4 Å². The molecule has 0 fully saturated rings. The number of benzene rings is 1. The first-order valence-electron chi connectivity index (χ1n) is 8.58. The third kappa shape index (κ3) is 3.68. The number of carbonyl (C=O) groups is 1. The Bertz CT molecular complexity index is 1110. The maximum Gasteiger partial charge on any atom is 0.267 e. The summed E-state index contributed by atoms with van der Waals surface area (Å²) in [5, 5.41) is 6.89. The molecule has 9 heteroatoms. The van der Waals surface area contributed by atoms with Crippen LogP contribution < -0.4 is 20.3 Å². The molecule has 1 N–H and O–H groups in total. The number of hydrogen-bond acceptors (Lipinski definition) is 7. The summed E-state index contributed by atoms with van der Waals surface area (Å²) < 4.78 is 11.8. The average molecular weight is 379 g/mol. The highest BCUT2D eigenvalue weighted by atomic mass is 16.7. The first-order chi connectivity index (χ1) is 13.5. The summed E-state index contributed by atoms with van der Waals surface area (Å²) in [6.07, 6.45) is 0. The minimum absolute atomic E-state index is 0.173. The molecule has 142 valence electrons. The largest absolute Gasteiger partial charge is 0.454 e. The van der Waals surface area contributed by atoms with Crippen molar-refractivity contribution in [1.82, 2.24) is 19.7 Å². The standard InChI is InChI=1S/C19H17N5O4/c1-11-7-12(2)21-19(20-11)22-17(25)9-24-18(26)6-4-14(23-24)13-3-5-15-16(8-13)28-10-27-15/h3-8H,9-10H2,1-2H3,(H,20,21,22,25). The average Bonchev–Trinajstić information content (AvgIpc) is 3.10. The number of nitrogens with zero attached hydrogens (tertiary/aromatic N) is 4. The van der Waals surface area contributed by atoms with Gasteiger partial charge in [0.15, 0.2) is 11.5 Å². The van der Waals surface area contributed by atoms with Crippen molar-refractivity contribution < 1.29 is 14.3 Å². The molecule has 1 aromatic carbocycles.